The van der Waals surface area contributed by atoms with Gasteiger partial charge in [-0.1, -0.05) is 5.16 Å². The minimum atomic E-state index is -0.484. The average molecular weight is 484 g/mol. The maximum atomic E-state index is 12.4. The van der Waals surface area contributed by atoms with E-state index in [1.165, 1.54) is 33.5 Å². The van der Waals surface area contributed by atoms with Gasteiger partial charge in [0.15, 0.2) is 23.1 Å². The predicted octanol–water partition coefficient (Wildman–Crippen LogP) is 1.15. The Morgan fingerprint density at radius 1 is 1.23 bits per heavy atom. The van der Waals surface area contributed by atoms with Crippen LogP contribution in [-0.4, -0.2) is 71.6 Å². The molecular weight excluding hydrogens is 460 g/mol. The molecule has 0 bridgehead atoms. The van der Waals surface area contributed by atoms with Crippen molar-refractivity contribution in [2.45, 2.75) is 13.0 Å². The van der Waals surface area contributed by atoms with Gasteiger partial charge in [0.2, 0.25) is 11.7 Å². The van der Waals surface area contributed by atoms with Crippen LogP contribution in [0.3, 0.4) is 0 Å². The number of rotatable bonds is 10. The highest BCUT2D eigenvalue weighted by Gasteiger charge is 2.23. The summed E-state index contributed by atoms with van der Waals surface area (Å²) in [6.45, 7) is 1.26. The summed E-state index contributed by atoms with van der Waals surface area (Å²) in [5.74, 6) is 0.753. The smallest absolute Gasteiger partial charge is 0.273 e. The zero-order valence-electron chi connectivity index (χ0n) is 19.3. The van der Waals surface area contributed by atoms with Crippen LogP contribution in [-0.2, 0) is 20.9 Å². The molecule has 14 nitrogen and oxygen atoms in total. The first-order chi connectivity index (χ1) is 17.0. The van der Waals surface area contributed by atoms with E-state index >= 15 is 0 Å². The molecule has 3 N–H and O–H groups in total. The number of hydrogen-bond acceptors (Lipinski definition) is 12. The highest BCUT2D eigenvalue weighted by atomic mass is 16.5. The Bertz CT molecular complexity index is 1210. The zero-order chi connectivity index (χ0) is 24.8. The van der Waals surface area contributed by atoms with Crippen LogP contribution < -0.4 is 20.7 Å². The fourth-order valence-corrected chi connectivity index (χ4v) is 3.29. The molecule has 0 saturated carbocycles. The van der Waals surface area contributed by atoms with E-state index in [9.17, 15) is 9.59 Å². The van der Waals surface area contributed by atoms with E-state index < -0.39 is 5.91 Å². The average Bonchev–Trinajstić information content (AvgIpc) is 3.30. The number of amides is 2. The Morgan fingerprint density at radius 2 is 2.06 bits per heavy atom. The van der Waals surface area contributed by atoms with Crippen LogP contribution in [0.25, 0.3) is 11.4 Å². The number of methoxy groups -OCH3 is 2. The maximum absolute atomic E-state index is 12.4. The molecule has 0 aromatic carbocycles. The SMILES string of the molecule is CNC(=O)c1nnc(NC(=O)CC2COC2)cc1Nc1nccc(-c2noc(COC)n2)c1OC. The number of pyridine rings is 1. The second kappa shape index (κ2) is 10.8. The lowest BCUT2D eigenvalue weighted by molar-refractivity contribution is -0.121. The van der Waals surface area contributed by atoms with Crippen LogP contribution in [0.5, 0.6) is 5.75 Å². The zero-order valence-corrected chi connectivity index (χ0v) is 19.3. The molecule has 14 heteroatoms. The Balaban J connectivity index is 1.64. The quantitative estimate of drug-likeness (QED) is 0.375. The lowest BCUT2D eigenvalue weighted by atomic mass is 10.0. The van der Waals surface area contributed by atoms with Crippen molar-refractivity contribution in [2.75, 3.05) is 45.1 Å². The van der Waals surface area contributed by atoms with Crippen molar-refractivity contribution < 1.29 is 28.3 Å². The third kappa shape index (κ3) is 5.50. The summed E-state index contributed by atoms with van der Waals surface area (Å²) in [5, 5.41) is 20.2. The molecular formula is C21H24N8O6. The van der Waals surface area contributed by atoms with Gasteiger partial charge < -0.3 is 34.7 Å². The van der Waals surface area contributed by atoms with E-state index in [1.807, 2.05) is 0 Å². The molecule has 1 fully saturated rings. The number of carbonyl (C=O) groups is 2. The van der Waals surface area contributed by atoms with Crippen LogP contribution in [0.2, 0.25) is 0 Å². The molecule has 3 aromatic rings. The minimum Gasteiger partial charge on any atom is -0.492 e. The van der Waals surface area contributed by atoms with Crippen LogP contribution in [0.15, 0.2) is 22.9 Å². The van der Waals surface area contributed by atoms with Gasteiger partial charge in [-0.2, -0.15) is 4.98 Å². The second-order valence-electron chi connectivity index (χ2n) is 7.54. The van der Waals surface area contributed by atoms with Crippen LogP contribution in [0.1, 0.15) is 22.8 Å². The number of aromatic nitrogens is 5. The molecule has 1 saturated heterocycles. The Labute approximate surface area is 199 Å². The van der Waals surface area contributed by atoms with Crippen molar-refractivity contribution in [1.29, 1.82) is 0 Å². The number of hydrogen-bond donors (Lipinski definition) is 3. The lowest BCUT2D eigenvalue weighted by Crippen LogP contribution is -2.31. The summed E-state index contributed by atoms with van der Waals surface area (Å²) in [4.78, 5) is 33.3. The van der Waals surface area contributed by atoms with Crippen molar-refractivity contribution in [1.82, 2.24) is 30.6 Å². The molecule has 4 heterocycles. The van der Waals surface area contributed by atoms with Crippen molar-refractivity contribution in [3.63, 3.8) is 0 Å². The number of anilines is 3. The number of carbonyl (C=O) groups excluding carboxylic acids is 2. The van der Waals surface area contributed by atoms with Crippen LogP contribution >= 0.6 is 0 Å². The first kappa shape index (κ1) is 24.0. The Hall–Kier alpha value is -4.17. The van der Waals surface area contributed by atoms with Gasteiger partial charge in [-0.25, -0.2) is 4.98 Å². The van der Waals surface area contributed by atoms with Crippen LogP contribution in [0.4, 0.5) is 17.3 Å². The van der Waals surface area contributed by atoms with E-state index in [1.54, 1.807) is 6.07 Å². The van der Waals surface area contributed by atoms with E-state index in [4.69, 9.17) is 18.7 Å². The molecule has 184 valence electrons. The highest BCUT2D eigenvalue weighted by molar-refractivity contribution is 5.99. The number of nitrogens with one attached hydrogen (secondary N) is 3. The summed E-state index contributed by atoms with van der Waals surface area (Å²) in [6.07, 6.45) is 1.82. The minimum absolute atomic E-state index is 0.00547. The molecule has 1 aliphatic heterocycles. The molecule has 35 heavy (non-hydrogen) atoms. The third-order valence-electron chi connectivity index (χ3n) is 5.02. The molecule has 3 aromatic heterocycles. The topological polar surface area (TPSA) is 176 Å². The molecule has 0 aliphatic carbocycles. The summed E-state index contributed by atoms with van der Waals surface area (Å²) in [7, 11) is 4.45. The van der Waals surface area contributed by atoms with Crippen LogP contribution in [0, 0.1) is 5.92 Å². The van der Waals surface area contributed by atoms with Gasteiger partial charge in [0.05, 0.1) is 31.6 Å². The standard InChI is InChI=1S/C21H24N8O6/c1-22-21(31)17-13(7-14(27-28-17)25-15(30)6-11-8-34-9-11)24-20-18(33-3)12(4-5-23-20)19-26-16(10-32-2)35-29-19/h4-5,7,11H,6,8-10H2,1-3H3,(H,22,31)(H2,23,24,25,27,30). The van der Waals surface area contributed by atoms with Gasteiger partial charge in [0.1, 0.15) is 6.61 Å². The fraction of sp³-hybridized carbons (Fsp3) is 0.381. The van der Waals surface area contributed by atoms with Gasteiger partial charge in [-0.3, -0.25) is 9.59 Å². The number of ether oxygens (including phenoxy) is 3. The molecule has 1 aliphatic rings. The molecule has 0 radical (unpaired) electrons. The van der Waals surface area contributed by atoms with Crippen molar-refractivity contribution >= 4 is 29.1 Å². The summed E-state index contributed by atoms with van der Waals surface area (Å²) in [5.41, 5.74) is 0.739. The van der Waals surface area contributed by atoms with Gasteiger partial charge in [-0.05, 0) is 6.07 Å². The van der Waals surface area contributed by atoms with Gasteiger partial charge in [-0.15, -0.1) is 10.2 Å². The third-order valence-corrected chi connectivity index (χ3v) is 5.02. The molecule has 4 rings (SSSR count). The highest BCUT2D eigenvalue weighted by Crippen LogP contribution is 2.35. The summed E-state index contributed by atoms with van der Waals surface area (Å²) in [6, 6.07) is 3.15. The second-order valence-corrected chi connectivity index (χ2v) is 7.54. The van der Waals surface area contributed by atoms with Gasteiger partial charge in [0, 0.05) is 38.8 Å². The Morgan fingerprint density at radius 3 is 2.74 bits per heavy atom. The van der Waals surface area contributed by atoms with E-state index in [2.05, 4.69) is 41.3 Å². The van der Waals surface area contributed by atoms with Gasteiger partial charge in [0.25, 0.3) is 11.8 Å². The van der Waals surface area contributed by atoms with Gasteiger partial charge >= 0.3 is 0 Å². The van der Waals surface area contributed by atoms with E-state index in [-0.39, 0.29) is 47.3 Å². The van der Waals surface area contributed by atoms with Crippen molar-refractivity contribution in [2.24, 2.45) is 5.92 Å². The monoisotopic (exact) mass is 484 g/mol. The van der Waals surface area contributed by atoms with Crippen molar-refractivity contribution in [3.05, 3.63) is 29.9 Å². The van der Waals surface area contributed by atoms with E-state index in [0.717, 1.165) is 0 Å². The molecule has 0 atom stereocenters. The fourth-order valence-electron chi connectivity index (χ4n) is 3.29. The Kier molecular flexibility index (Phi) is 7.42. The largest absolute Gasteiger partial charge is 0.492 e. The molecule has 0 unspecified atom stereocenters. The predicted molar refractivity (Wildman–Crippen MR) is 121 cm³/mol. The first-order valence-corrected chi connectivity index (χ1v) is 10.6. The molecule has 0 spiro atoms. The normalized spacial score (nSPS) is 13.1. The summed E-state index contributed by atoms with van der Waals surface area (Å²) >= 11 is 0. The number of nitrogens with zero attached hydrogens (tertiary/aromatic N) is 5. The first-order valence-electron chi connectivity index (χ1n) is 10.6. The van der Waals surface area contributed by atoms with Crippen molar-refractivity contribution in [3.8, 4) is 17.1 Å². The van der Waals surface area contributed by atoms with E-state index in [0.29, 0.717) is 36.8 Å². The lowest BCUT2D eigenvalue weighted by Gasteiger charge is -2.25. The maximum Gasteiger partial charge on any atom is 0.273 e. The molecule has 2 amide bonds. The summed E-state index contributed by atoms with van der Waals surface area (Å²) < 4.78 is 20.8.